The van der Waals surface area contributed by atoms with Gasteiger partial charge >= 0.3 is 6.18 Å². The van der Waals surface area contributed by atoms with E-state index in [4.69, 9.17) is 0 Å². The Morgan fingerprint density at radius 1 is 1.08 bits per heavy atom. The van der Waals surface area contributed by atoms with E-state index in [-0.39, 0.29) is 16.7 Å². The lowest BCUT2D eigenvalue weighted by atomic mass is 9.80. The van der Waals surface area contributed by atoms with Crippen LogP contribution in [0.1, 0.15) is 28.7 Å². The molecular formula is C29H29F3N4O3. The van der Waals surface area contributed by atoms with Crippen LogP contribution in [-0.2, 0) is 25.7 Å². The molecule has 1 fully saturated rings. The van der Waals surface area contributed by atoms with Crippen molar-refractivity contribution in [2.45, 2.75) is 32.2 Å². The van der Waals surface area contributed by atoms with Gasteiger partial charge in [-0.2, -0.15) is 13.2 Å². The Bertz CT molecular complexity index is 1470. The van der Waals surface area contributed by atoms with Crippen molar-refractivity contribution in [3.05, 3.63) is 105 Å². The van der Waals surface area contributed by atoms with Gasteiger partial charge in [0.2, 0.25) is 0 Å². The average molecular weight is 539 g/mol. The number of aliphatic hydroxyl groups is 1. The zero-order valence-electron chi connectivity index (χ0n) is 21.2. The number of benzene rings is 3. The second-order valence-corrected chi connectivity index (χ2v) is 10.3. The van der Waals surface area contributed by atoms with Gasteiger partial charge in [0, 0.05) is 53.9 Å². The highest BCUT2D eigenvalue weighted by Gasteiger charge is 2.39. The van der Waals surface area contributed by atoms with Crippen LogP contribution in [0.5, 0.6) is 0 Å². The number of para-hydroxylation sites is 1. The van der Waals surface area contributed by atoms with Crippen LogP contribution in [0.2, 0.25) is 0 Å². The van der Waals surface area contributed by atoms with Crippen LogP contribution in [0, 0.1) is 15.5 Å². The molecule has 204 valence electrons. The van der Waals surface area contributed by atoms with Crippen molar-refractivity contribution in [2.75, 3.05) is 25.0 Å². The lowest BCUT2D eigenvalue weighted by Gasteiger charge is -2.31. The van der Waals surface area contributed by atoms with Gasteiger partial charge in [0.05, 0.1) is 22.7 Å². The molecular weight excluding hydrogens is 509 g/mol. The zero-order valence-corrected chi connectivity index (χ0v) is 21.2. The summed E-state index contributed by atoms with van der Waals surface area (Å²) in [6.07, 6.45) is -1.02. The number of anilines is 1. The number of nitro benzene ring substituents is 1. The maximum atomic E-state index is 13.1. The third-order valence-electron chi connectivity index (χ3n) is 7.57. The zero-order chi connectivity index (χ0) is 27.6. The fourth-order valence-electron chi connectivity index (χ4n) is 5.53. The van der Waals surface area contributed by atoms with Crippen LogP contribution in [-0.4, -0.2) is 39.5 Å². The summed E-state index contributed by atoms with van der Waals surface area (Å²) in [4.78, 5) is 16.6. The van der Waals surface area contributed by atoms with E-state index in [1.165, 1.54) is 29.8 Å². The van der Waals surface area contributed by atoms with Crippen molar-refractivity contribution < 1.29 is 23.2 Å². The number of hydrogen-bond donors (Lipinski definition) is 3. The molecule has 5 rings (SSSR count). The smallest absolute Gasteiger partial charge is 0.391 e. The number of aliphatic hydroxyl groups excluding tert-OH is 1. The fraction of sp³-hybridized carbons (Fsp3) is 0.310. The molecule has 0 spiro atoms. The number of halogens is 3. The molecule has 0 radical (unpaired) electrons. The molecule has 10 heteroatoms. The van der Waals surface area contributed by atoms with Crippen molar-refractivity contribution in [3.63, 3.8) is 0 Å². The Morgan fingerprint density at radius 2 is 1.85 bits per heavy atom. The van der Waals surface area contributed by atoms with Gasteiger partial charge < -0.3 is 15.4 Å². The standard InChI is InChI=1S/C29H29F3N4O3/c30-29(31,32)23-8-5-20(6-9-23)14-28(18-34-24-10-7-21(17-37)27(13-24)36(38)39)11-12-35(19-28)16-22-15-33-26-4-2-1-3-25(22)26/h1-10,13,15,33-34,37H,11-12,14,16-19H2. The first-order valence-electron chi connectivity index (χ1n) is 12.7. The Labute approximate surface area is 223 Å². The summed E-state index contributed by atoms with van der Waals surface area (Å²) in [7, 11) is 0. The molecule has 0 saturated carbocycles. The molecule has 1 aliphatic heterocycles. The Balaban J connectivity index is 1.37. The molecule has 1 unspecified atom stereocenters. The first-order chi connectivity index (χ1) is 18.7. The highest BCUT2D eigenvalue weighted by atomic mass is 19.4. The summed E-state index contributed by atoms with van der Waals surface area (Å²) in [6.45, 7) is 2.30. The highest BCUT2D eigenvalue weighted by Crippen LogP contribution is 2.37. The molecule has 0 bridgehead atoms. The first-order valence-corrected chi connectivity index (χ1v) is 12.7. The van der Waals surface area contributed by atoms with Crippen LogP contribution in [0.25, 0.3) is 10.9 Å². The van der Waals surface area contributed by atoms with Gasteiger partial charge in [-0.1, -0.05) is 30.3 Å². The van der Waals surface area contributed by atoms with Crippen molar-refractivity contribution in [1.29, 1.82) is 0 Å². The Hall–Kier alpha value is -3.89. The number of likely N-dealkylation sites (tertiary alicyclic amines) is 1. The molecule has 39 heavy (non-hydrogen) atoms. The molecule has 1 saturated heterocycles. The van der Waals surface area contributed by atoms with Gasteiger partial charge in [-0.25, -0.2) is 0 Å². The number of nitro groups is 1. The van der Waals surface area contributed by atoms with Crippen LogP contribution in [0.3, 0.4) is 0 Å². The lowest BCUT2D eigenvalue weighted by molar-refractivity contribution is -0.385. The molecule has 4 aromatic rings. The molecule has 3 aromatic carbocycles. The summed E-state index contributed by atoms with van der Waals surface area (Å²) in [5, 5.41) is 25.4. The summed E-state index contributed by atoms with van der Waals surface area (Å²) in [5.74, 6) is 0. The van der Waals surface area contributed by atoms with Gasteiger partial charge in [-0.05, 0) is 60.8 Å². The third-order valence-corrected chi connectivity index (χ3v) is 7.57. The third kappa shape index (κ3) is 5.91. The summed E-state index contributed by atoms with van der Waals surface area (Å²) < 4.78 is 39.3. The number of aromatic amines is 1. The topological polar surface area (TPSA) is 94.4 Å². The van der Waals surface area contributed by atoms with Crippen LogP contribution in [0.4, 0.5) is 24.5 Å². The van der Waals surface area contributed by atoms with Gasteiger partial charge in [0.15, 0.2) is 0 Å². The highest BCUT2D eigenvalue weighted by molar-refractivity contribution is 5.83. The molecule has 7 nitrogen and oxygen atoms in total. The summed E-state index contributed by atoms with van der Waals surface area (Å²) >= 11 is 0. The van der Waals surface area contributed by atoms with Crippen molar-refractivity contribution in [1.82, 2.24) is 9.88 Å². The normalized spacial score (nSPS) is 18.1. The molecule has 1 aliphatic rings. The van der Waals surface area contributed by atoms with Crippen LogP contribution in [0.15, 0.2) is 72.9 Å². The minimum absolute atomic E-state index is 0.160. The fourth-order valence-corrected chi connectivity index (χ4v) is 5.53. The number of rotatable bonds is 9. The van der Waals surface area contributed by atoms with Crippen LogP contribution < -0.4 is 5.32 Å². The molecule has 0 aliphatic carbocycles. The summed E-state index contributed by atoms with van der Waals surface area (Å²) in [5.41, 5.74) is 2.69. The van der Waals surface area contributed by atoms with E-state index in [1.54, 1.807) is 6.07 Å². The van der Waals surface area contributed by atoms with Gasteiger partial charge in [-0.15, -0.1) is 0 Å². The predicted molar refractivity (Wildman–Crippen MR) is 143 cm³/mol. The maximum Gasteiger partial charge on any atom is 0.416 e. The number of hydrogen-bond acceptors (Lipinski definition) is 5. The quantitative estimate of drug-likeness (QED) is 0.176. The minimum Gasteiger partial charge on any atom is -0.391 e. The van der Waals surface area contributed by atoms with Gasteiger partial charge in [0.1, 0.15) is 0 Å². The van der Waals surface area contributed by atoms with E-state index >= 15 is 0 Å². The van der Waals surface area contributed by atoms with E-state index < -0.39 is 23.3 Å². The molecule has 0 amide bonds. The van der Waals surface area contributed by atoms with Crippen molar-refractivity contribution >= 4 is 22.3 Å². The number of fused-ring (bicyclic) bond motifs is 1. The van der Waals surface area contributed by atoms with Crippen LogP contribution >= 0.6 is 0 Å². The first kappa shape index (κ1) is 26.7. The SMILES string of the molecule is O=[N+]([O-])c1cc(NCC2(Cc3ccc(C(F)(F)F)cc3)CCN(Cc3c[nH]c4ccccc34)C2)ccc1CO. The lowest BCUT2D eigenvalue weighted by Crippen LogP contribution is -2.35. The molecule has 1 atom stereocenters. The minimum atomic E-state index is -4.39. The second-order valence-electron chi connectivity index (χ2n) is 10.3. The van der Waals surface area contributed by atoms with Crippen molar-refractivity contribution in [3.8, 4) is 0 Å². The average Bonchev–Trinajstić information content (AvgIpc) is 3.51. The number of H-pyrrole nitrogens is 1. The number of nitrogens with one attached hydrogen (secondary N) is 2. The van der Waals surface area contributed by atoms with E-state index in [1.807, 2.05) is 24.4 Å². The Kier molecular flexibility index (Phi) is 7.33. The van der Waals surface area contributed by atoms with Gasteiger partial charge in [0.25, 0.3) is 5.69 Å². The number of nitrogens with zero attached hydrogens (tertiary/aromatic N) is 2. The molecule has 3 N–H and O–H groups in total. The second kappa shape index (κ2) is 10.7. The largest absolute Gasteiger partial charge is 0.416 e. The predicted octanol–water partition coefficient (Wildman–Crippen LogP) is 6.13. The summed E-state index contributed by atoms with van der Waals surface area (Å²) in [6, 6.07) is 18.0. The molecule has 1 aromatic heterocycles. The Morgan fingerprint density at radius 3 is 2.56 bits per heavy atom. The van der Waals surface area contributed by atoms with E-state index in [0.717, 1.165) is 48.1 Å². The number of aromatic nitrogens is 1. The van der Waals surface area contributed by atoms with E-state index in [9.17, 15) is 28.4 Å². The monoisotopic (exact) mass is 538 g/mol. The molecule has 2 heterocycles. The maximum absolute atomic E-state index is 13.1. The van der Waals surface area contributed by atoms with Crippen molar-refractivity contribution in [2.24, 2.45) is 5.41 Å². The van der Waals surface area contributed by atoms with E-state index in [2.05, 4.69) is 21.3 Å². The van der Waals surface area contributed by atoms with Gasteiger partial charge in [-0.3, -0.25) is 15.0 Å². The van der Waals surface area contributed by atoms with E-state index in [0.29, 0.717) is 25.2 Å². The number of alkyl halides is 3.